The minimum absolute atomic E-state index is 0.143. The monoisotopic (exact) mass is 384 g/mol. The van der Waals surface area contributed by atoms with Crippen molar-refractivity contribution in [1.82, 2.24) is 0 Å². The lowest BCUT2D eigenvalue weighted by Crippen LogP contribution is -2.55. The van der Waals surface area contributed by atoms with Crippen molar-refractivity contribution in [3.05, 3.63) is 23.8 Å². The molecule has 0 saturated heterocycles. The van der Waals surface area contributed by atoms with E-state index in [9.17, 15) is 9.59 Å². The van der Waals surface area contributed by atoms with Gasteiger partial charge < -0.3 is 9.47 Å². The van der Waals surface area contributed by atoms with Crippen molar-refractivity contribution in [2.45, 2.75) is 58.3 Å². The maximum atomic E-state index is 11.7. The number of esters is 1. The third-order valence-corrected chi connectivity index (χ3v) is 9.42. The van der Waals surface area contributed by atoms with Gasteiger partial charge in [0, 0.05) is 11.5 Å². The van der Waals surface area contributed by atoms with E-state index in [-0.39, 0.29) is 16.8 Å². The van der Waals surface area contributed by atoms with E-state index in [4.69, 9.17) is 9.47 Å². The van der Waals surface area contributed by atoms with Gasteiger partial charge in [-0.15, -0.1) is 0 Å². The fourth-order valence-corrected chi connectivity index (χ4v) is 8.28. The van der Waals surface area contributed by atoms with Gasteiger partial charge in [0.05, 0.1) is 6.61 Å². The highest BCUT2D eigenvalue weighted by Gasteiger charge is 2.61. The zero-order valence-corrected chi connectivity index (χ0v) is 16.9. The van der Waals surface area contributed by atoms with Crippen molar-refractivity contribution in [1.29, 1.82) is 0 Å². The molecule has 0 bridgehead atoms. The molecule has 7 atom stereocenters. The predicted molar refractivity (Wildman–Crippen MR) is 105 cm³/mol. The highest BCUT2D eigenvalue weighted by Crippen LogP contribution is 2.67. The van der Waals surface area contributed by atoms with E-state index in [2.05, 4.69) is 19.1 Å². The smallest absolute Gasteiger partial charge is 0.331 e. The number of rotatable bonds is 4. The molecule has 4 nitrogen and oxygen atoms in total. The van der Waals surface area contributed by atoms with Gasteiger partial charge in [-0.1, -0.05) is 19.1 Å². The quantitative estimate of drug-likeness (QED) is 0.408. The molecule has 4 heteroatoms. The van der Waals surface area contributed by atoms with Gasteiger partial charge in [-0.2, -0.15) is 0 Å². The van der Waals surface area contributed by atoms with Crippen molar-refractivity contribution in [2.75, 3.05) is 13.2 Å². The molecule has 0 amide bonds. The average molecular weight is 385 g/mol. The summed E-state index contributed by atoms with van der Waals surface area (Å²) in [5.41, 5.74) is 1.66. The van der Waals surface area contributed by atoms with Crippen LogP contribution in [0.15, 0.2) is 23.8 Å². The van der Waals surface area contributed by atoms with Crippen LogP contribution in [0.3, 0.4) is 0 Å². The minimum Gasteiger partial charge on any atom is -0.467 e. The summed E-state index contributed by atoms with van der Waals surface area (Å²) in [5, 5.41) is 0. The summed E-state index contributed by atoms with van der Waals surface area (Å²) < 4.78 is 10.7. The van der Waals surface area contributed by atoms with Gasteiger partial charge in [-0.25, -0.2) is 4.79 Å². The summed E-state index contributed by atoms with van der Waals surface area (Å²) in [6, 6.07) is 0. The number of ether oxygens (including phenoxy) is 2. The topological polar surface area (TPSA) is 52.6 Å². The second kappa shape index (κ2) is 6.74. The first-order valence-corrected chi connectivity index (χ1v) is 11.2. The Hall–Kier alpha value is -1.58. The Kier molecular flexibility index (Phi) is 4.44. The Bertz CT molecular complexity index is 724. The molecule has 5 rings (SSSR count). The second-order valence-corrected chi connectivity index (χ2v) is 10.2. The van der Waals surface area contributed by atoms with Gasteiger partial charge in [0.15, 0.2) is 0 Å². The Morgan fingerprint density at radius 3 is 2.86 bits per heavy atom. The normalized spacial score (nSPS) is 46.8. The Labute approximate surface area is 167 Å². The molecule has 1 heterocycles. The maximum Gasteiger partial charge on any atom is 0.331 e. The zero-order chi connectivity index (χ0) is 19.4. The first-order valence-electron chi connectivity index (χ1n) is 11.2. The van der Waals surface area contributed by atoms with Gasteiger partial charge in [0.2, 0.25) is 0 Å². The van der Waals surface area contributed by atoms with E-state index < -0.39 is 0 Å². The summed E-state index contributed by atoms with van der Waals surface area (Å²) >= 11 is 0. The van der Waals surface area contributed by atoms with Crippen molar-refractivity contribution < 1.29 is 19.1 Å². The SMILES string of the molecule is C[C@]12CC[C@H]3[C@@H](CC[C@@H]4C=CCC[C@@]43COC=O)[C@H]1CC[C@@H]2C1=CC(=O)OC1. The van der Waals surface area contributed by atoms with Crippen LogP contribution in [0.5, 0.6) is 0 Å². The molecule has 3 saturated carbocycles. The fraction of sp³-hybridized carbons (Fsp3) is 0.750. The van der Waals surface area contributed by atoms with E-state index in [1.54, 1.807) is 6.08 Å². The van der Waals surface area contributed by atoms with Crippen molar-refractivity contribution in [3.63, 3.8) is 0 Å². The second-order valence-electron chi connectivity index (χ2n) is 10.2. The molecule has 152 valence electrons. The molecule has 0 aromatic rings. The van der Waals surface area contributed by atoms with Crippen LogP contribution in [0.25, 0.3) is 0 Å². The molecule has 1 aliphatic heterocycles. The van der Waals surface area contributed by atoms with Crippen LogP contribution in [0.2, 0.25) is 0 Å². The lowest BCUT2D eigenvalue weighted by Gasteiger charge is -2.60. The lowest BCUT2D eigenvalue weighted by molar-refractivity contribution is -0.149. The first-order chi connectivity index (χ1) is 13.6. The molecule has 5 aliphatic rings. The molecule has 0 unspecified atom stereocenters. The van der Waals surface area contributed by atoms with E-state index in [1.165, 1.54) is 44.1 Å². The number of hydrogen-bond donors (Lipinski definition) is 0. The van der Waals surface area contributed by atoms with E-state index in [1.807, 2.05) is 0 Å². The molecule has 0 radical (unpaired) electrons. The van der Waals surface area contributed by atoms with Gasteiger partial charge in [-0.3, -0.25) is 4.79 Å². The summed E-state index contributed by atoms with van der Waals surface area (Å²) in [4.78, 5) is 22.7. The minimum atomic E-state index is -0.157. The summed E-state index contributed by atoms with van der Waals surface area (Å²) in [7, 11) is 0. The molecule has 0 N–H and O–H groups in total. The highest BCUT2D eigenvalue weighted by molar-refractivity contribution is 5.85. The van der Waals surface area contributed by atoms with Crippen LogP contribution in [0, 0.1) is 40.4 Å². The Balaban J connectivity index is 1.45. The van der Waals surface area contributed by atoms with Crippen molar-refractivity contribution >= 4 is 12.4 Å². The van der Waals surface area contributed by atoms with Crippen LogP contribution >= 0.6 is 0 Å². The molecule has 28 heavy (non-hydrogen) atoms. The Morgan fingerprint density at radius 2 is 2.07 bits per heavy atom. The van der Waals surface area contributed by atoms with Gasteiger partial charge >= 0.3 is 5.97 Å². The molecule has 0 aromatic carbocycles. The van der Waals surface area contributed by atoms with Crippen molar-refractivity contribution in [3.8, 4) is 0 Å². The summed E-state index contributed by atoms with van der Waals surface area (Å²) in [6.07, 6.45) is 16.2. The van der Waals surface area contributed by atoms with Gasteiger partial charge in [0.1, 0.15) is 6.61 Å². The van der Waals surface area contributed by atoms with Crippen LogP contribution in [0.1, 0.15) is 58.3 Å². The number of cyclic esters (lactones) is 1. The average Bonchev–Trinajstić information content (AvgIpc) is 3.28. The molecular formula is C24H32O4. The largest absolute Gasteiger partial charge is 0.467 e. The van der Waals surface area contributed by atoms with Crippen molar-refractivity contribution in [2.24, 2.45) is 40.4 Å². The molecular weight excluding hydrogens is 352 g/mol. The predicted octanol–water partition coefficient (Wildman–Crippen LogP) is 4.45. The maximum absolute atomic E-state index is 11.7. The van der Waals surface area contributed by atoms with Crippen LogP contribution < -0.4 is 0 Å². The van der Waals surface area contributed by atoms with E-state index in [0.29, 0.717) is 43.4 Å². The number of carbonyl (C=O) groups is 2. The fourth-order valence-electron chi connectivity index (χ4n) is 8.28. The van der Waals surface area contributed by atoms with E-state index in [0.717, 1.165) is 18.8 Å². The van der Waals surface area contributed by atoms with Crippen LogP contribution in [-0.2, 0) is 19.1 Å². The number of carbonyl (C=O) groups excluding carboxylic acids is 2. The highest BCUT2D eigenvalue weighted by atomic mass is 16.5. The molecule has 4 aliphatic carbocycles. The number of allylic oxidation sites excluding steroid dienone is 2. The molecule has 3 fully saturated rings. The zero-order valence-electron chi connectivity index (χ0n) is 16.9. The van der Waals surface area contributed by atoms with Crippen LogP contribution in [0.4, 0.5) is 0 Å². The third kappa shape index (κ3) is 2.55. The molecule has 0 spiro atoms. The Morgan fingerprint density at radius 1 is 1.18 bits per heavy atom. The first kappa shape index (κ1) is 18.4. The van der Waals surface area contributed by atoms with Gasteiger partial charge in [-0.05, 0) is 91.9 Å². The van der Waals surface area contributed by atoms with Crippen LogP contribution in [-0.4, -0.2) is 25.7 Å². The summed E-state index contributed by atoms with van der Waals surface area (Å²) in [6.45, 7) is 4.23. The number of fused-ring (bicyclic) bond motifs is 5. The summed E-state index contributed by atoms with van der Waals surface area (Å²) in [5.74, 6) is 3.00. The standard InChI is InChI=1S/C24H32O4/c1-23-11-9-21-18(20(23)8-7-19(23)16-12-22(26)28-13-16)6-5-17-4-2-3-10-24(17,21)14-27-15-25/h2,4,12,15,17-21H,3,5-11,13-14H2,1H3/t17-,18-,19+,20+,21-,23+,24+/m0/s1. The third-order valence-electron chi connectivity index (χ3n) is 9.42. The van der Waals surface area contributed by atoms with Gasteiger partial charge in [0.25, 0.3) is 6.47 Å². The van der Waals surface area contributed by atoms with E-state index >= 15 is 0 Å². The molecule has 0 aromatic heterocycles. The number of hydrogen-bond acceptors (Lipinski definition) is 4. The lowest BCUT2D eigenvalue weighted by atomic mass is 9.45.